The predicted molar refractivity (Wildman–Crippen MR) is 75.5 cm³/mol. The van der Waals surface area contributed by atoms with Gasteiger partial charge in [-0.3, -0.25) is 0 Å². The van der Waals surface area contributed by atoms with Crippen LogP contribution in [0.2, 0.25) is 10.0 Å². The fraction of sp³-hybridized carbons (Fsp3) is 0.308. The van der Waals surface area contributed by atoms with Gasteiger partial charge in [-0.2, -0.15) is 0 Å². The minimum atomic E-state index is 0.583. The zero-order valence-corrected chi connectivity index (χ0v) is 12.0. The molecule has 6 heteroatoms. The first-order chi connectivity index (χ1) is 9.20. The molecule has 0 aliphatic heterocycles. The third kappa shape index (κ3) is 3.94. The van der Waals surface area contributed by atoms with E-state index in [1.54, 1.807) is 25.3 Å². The van der Waals surface area contributed by atoms with Crippen LogP contribution in [-0.2, 0) is 11.3 Å². The monoisotopic (exact) mass is 300 g/mol. The first kappa shape index (κ1) is 14.3. The standard InChI is InChI=1S/C13H14Cl2N2O2/c1-18-5-4-16-8-10-7-13(19-17-10)11-6-9(14)2-3-12(11)15/h2-3,6-7,16H,4-5,8H2,1H3. The molecular formula is C13H14Cl2N2O2. The second-order valence-electron chi connectivity index (χ2n) is 3.98. The second-order valence-corrected chi connectivity index (χ2v) is 4.82. The summed E-state index contributed by atoms with van der Waals surface area (Å²) in [7, 11) is 1.66. The first-order valence-corrected chi connectivity index (χ1v) is 6.57. The number of nitrogens with zero attached hydrogens (tertiary/aromatic N) is 1. The molecule has 4 nitrogen and oxygen atoms in total. The smallest absolute Gasteiger partial charge is 0.168 e. The van der Waals surface area contributed by atoms with Crippen molar-refractivity contribution in [3.05, 3.63) is 40.0 Å². The topological polar surface area (TPSA) is 47.3 Å². The molecule has 0 atom stereocenters. The molecule has 1 N–H and O–H groups in total. The van der Waals surface area contributed by atoms with E-state index in [1.165, 1.54) is 0 Å². The molecule has 1 aromatic carbocycles. The van der Waals surface area contributed by atoms with Gasteiger partial charge in [-0.25, -0.2) is 0 Å². The zero-order chi connectivity index (χ0) is 13.7. The molecule has 0 fully saturated rings. The van der Waals surface area contributed by atoms with E-state index in [0.29, 0.717) is 29.0 Å². The number of hydrogen-bond acceptors (Lipinski definition) is 4. The largest absolute Gasteiger partial charge is 0.383 e. The molecule has 0 bridgehead atoms. The molecule has 2 aromatic rings. The van der Waals surface area contributed by atoms with Gasteiger partial charge >= 0.3 is 0 Å². The Hall–Kier alpha value is -1.07. The van der Waals surface area contributed by atoms with Crippen LogP contribution in [0.15, 0.2) is 28.8 Å². The minimum Gasteiger partial charge on any atom is -0.383 e. The summed E-state index contributed by atoms with van der Waals surface area (Å²) in [4.78, 5) is 0. The molecule has 0 saturated heterocycles. The Bertz CT molecular complexity index is 543. The molecule has 0 aliphatic rings. The third-order valence-corrected chi connectivity index (χ3v) is 3.11. The van der Waals surface area contributed by atoms with E-state index < -0.39 is 0 Å². The van der Waals surface area contributed by atoms with Crippen LogP contribution in [0.3, 0.4) is 0 Å². The zero-order valence-electron chi connectivity index (χ0n) is 10.5. The molecule has 0 aliphatic carbocycles. The van der Waals surface area contributed by atoms with Gasteiger partial charge in [0.05, 0.1) is 17.3 Å². The van der Waals surface area contributed by atoms with Crippen molar-refractivity contribution in [1.82, 2.24) is 10.5 Å². The molecule has 0 spiro atoms. The van der Waals surface area contributed by atoms with Crippen LogP contribution in [-0.4, -0.2) is 25.4 Å². The lowest BCUT2D eigenvalue weighted by atomic mass is 10.1. The van der Waals surface area contributed by atoms with Crippen LogP contribution < -0.4 is 5.32 Å². The third-order valence-electron chi connectivity index (χ3n) is 2.54. The van der Waals surface area contributed by atoms with E-state index in [9.17, 15) is 0 Å². The van der Waals surface area contributed by atoms with Gasteiger partial charge in [0, 0.05) is 36.9 Å². The molecule has 2 rings (SSSR count). The maximum absolute atomic E-state index is 6.11. The van der Waals surface area contributed by atoms with Gasteiger partial charge < -0.3 is 14.6 Å². The van der Waals surface area contributed by atoms with Crippen molar-refractivity contribution >= 4 is 23.2 Å². The number of nitrogens with one attached hydrogen (secondary N) is 1. The average molecular weight is 301 g/mol. The number of aromatic nitrogens is 1. The van der Waals surface area contributed by atoms with E-state index in [4.69, 9.17) is 32.5 Å². The van der Waals surface area contributed by atoms with Crippen molar-refractivity contribution in [2.45, 2.75) is 6.54 Å². The highest BCUT2D eigenvalue weighted by Gasteiger charge is 2.10. The van der Waals surface area contributed by atoms with E-state index in [-0.39, 0.29) is 0 Å². The molecule has 0 unspecified atom stereocenters. The van der Waals surface area contributed by atoms with Gasteiger partial charge in [0.2, 0.25) is 0 Å². The van der Waals surface area contributed by atoms with Crippen molar-refractivity contribution in [2.24, 2.45) is 0 Å². The molecule has 1 heterocycles. The van der Waals surface area contributed by atoms with Gasteiger partial charge in [0.15, 0.2) is 5.76 Å². The molecular weight excluding hydrogens is 287 g/mol. The number of halogens is 2. The minimum absolute atomic E-state index is 0.583. The van der Waals surface area contributed by atoms with Crippen LogP contribution in [0.1, 0.15) is 5.69 Å². The van der Waals surface area contributed by atoms with Crippen molar-refractivity contribution in [3.63, 3.8) is 0 Å². The molecule has 102 valence electrons. The maximum atomic E-state index is 6.11. The van der Waals surface area contributed by atoms with Gasteiger partial charge in [0.25, 0.3) is 0 Å². The average Bonchev–Trinajstić information content (AvgIpc) is 2.86. The summed E-state index contributed by atoms with van der Waals surface area (Å²) >= 11 is 12.1. The van der Waals surface area contributed by atoms with Crippen molar-refractivity contribution in [3.8, 4) is 11.3 Å². The molecule has 1 aromatic heterocycles. The fourth-order valence-corrected chi connectivity index (χ4v) is 1.98. The van der Waals surface area contributed by atoms with Crippen LogP contribution in [0, 0.1) is 0 Å². The number of rotatable bonds is 6. The summed E-state index contributed by atoms with van der Waals surface area (Å²) in [6.45, 7) is 2.03. The van der Waals surface area contributed by atoms with Gasteiger partial charge in [-0.15, -0.1) is 0 Å². The lowest BCUT2D eigenvalue weighted by Crippen LogP contribution is -2.18. The molecule has 0 saturated carbocycles. The Morgan fingerprint density at radius 3 is 2.95 bits per heavy atom. The van der Waals surface area contributed by atoms with Crippen molar-refractivity contribution < 1.29 is 9.26 Å². The predicted octanol–water partition coefficient (Wildman–Crippen LogP) is 3.38. The van der Waals surface area contributed by atoms with Gasteiger partial charge in [0.1, 0.15) is 0 Å². The van der Waals surface area contributed by atoms with Gasteiger partial charge in [-0.05, 0) is 18.2 Å². The molecule has 0 amide bonds. The number of benzene rings is 1. The Kier molecular flexibility index (Phi) is 5.22. The first-order valence-electron chi connectivity index (χ1n) is 5.81. The van der Waals surface area contributed by atoms with Crippen molar-refractivity contribution in [1.29, 1.82) is 0 Å². The maximum Gasteiger partial charge on any atom is 0.168 e. The van der Waals surface area contributed by atoms with Crippen LogP contribution in [0.25, 0.3) is 11.3 Å². The van der Waals surface area contributed by atoms with E-state index in [1.807, 2.05) is 6.07 Å². The highest BCUT2D eigenvalue weighted by molar-refractivity contribution is 6.35. The SMILES string of the molecule is COCCNCc1cc(-c2cc(Cl)ccc2Cl)on1. The Morgan fingerprint density at radius 1 is 1.32 bits per heavy atom. The lowest BCUT2D eigenvalue weighted by molar-refractivity contribution is 0.199. The number of methoxy groups -OCH3 is 1. The number of ether oxygens (including phenoxy) is 1. The van der Waals surface area contributed by atoms with Gasteiger partial charge in [-0.1, -0.05) is 28.4 Å². The fourth-order valence-electron chi connectivity index (χ4n) is 1.60. The van der Waals surface area contributed by atoms with E-state index in [0.717, 1.165) is 17.8 Å². The van der Waals surface area contributed by atoms with Crippen LogP contribution in [0.4, 0.5) is 0 Å². The highest BCUT2D eigenvalue weighted by Crippen LogP contribution is 2.30. The molecule has 19 heavy (non-hydrogen) atoms. The normalized spacial score (nSPS) is 10.9. The van der Waals surface area contributed by atoms with Crippen LogP contribution >= 0.6 is 23.2 Å². The van der Waals surface area contributed by atoms with E-state index in [2.05, 4.69) is 10.5 Å². The second kappa shape index (κ2) is 6.91. The summed E-state index contributed by atoms with van der Waals surface area (Å²) < 4.78 is 10.2. The quantitative estimate of drug-likeness (QED) is 0.831. The summed E-state index contributed by atoms with van der Waals surface area (Å²) in [5.41, 5.74) is 1.55. The van der Waals surface area contributed by atoms with Crippen molar-refractivity contribution in [2.75, 3.05) is 20.3 Å². The Labute approximate surface area is 121 Å². The summed E-state index contributed by atoms with van der Waals surface area (Å²) in [5.74, 6) is 0.607. The van der Waals surface area contributed by atoms with E-state index >= 15 is 0 Å². The molecule has 0 radical (unpaired) electrons. The van der Waals surface area contributed by atoms with Crippen LogP contribution in [0.5, 0.6) is 0 Å². The Morgan fingerprint density at radius 2 is 2.16 bits per heavy atom. The summed E-state index contributed by atoms with van der Waals surface area (Å²) in [6, 6.07) is 7.07. The summed E-state index contributed by atoms with van der Waals surface area (Å²) in [5, 5.41) is 8.36. The highest BCUT2D eigenvalue weighted by atomic mass is 35.5. The lowest BCUT2D eigenvalue weighted by Gasteiger charge is -2.00. The number of hydrogen-bond donors (Lipinski definition) is 1. The summed E-state index contributed by atoms with van der Waals surface area (Å²) in [6.07, 6.45) is 0. The Balaban J connectivity index is 2.06.